The molecule has 3 N–H and O–H groups in total. The molecule has 1 aromatic carbocycles. The van der Waals surface area contributed by atoms with Gasteiger partial charge in [-0.05, 0) is 60.6 Å². The van der Waals surface area contributed by atoms with Crippen LogP contribution in [0, 0.1) is 29.0 Å². The number of aromatic nitrogens is 2. The fourth-order valence-electron chi connectivity index (χ4n) is 4.77. The molecule has 0 radical (unpaired) electrons. The van der Waals surface area contributed by atoms with Crippen molar-refractivity contribution < 1.29 is 13.2 Å². The van der Waals surface area contributed by atoms with Crippen LogP contribution in [0.15, 0.2) is 48.4 Å². The van der Waals surface area contributed by atoms with Gasteiger partial charge in [0, 0.05) is 28.0 Å². The first-order chi connectivity index (χ1) is 15.3. The molecule has 3 aromatic rings. The lowest BCUT2D eigenvalue weighted by Gasteiger charge is -2.35. The smallest absolute Gasteiger partial charge is 0.251 e. The lowest BCUT2D eigenvalue weighted by atomic mass is 9.72. The summed E-state index contributed by atoms with van der Waals surface area (Å²) in [5.74, 6) is -0.485. The fraction of sp³-hybridized carbons (Fsp3) is 0.261. The zero-order valence-corrected chi connectivity index (χ0v) is 17.4. The van der Waals surface area contributed by atoms with Crippen molar-refractivity contribution in [2.24, 2.45) is 17.6 Å². The molecular formula is C23H17ClF3N5. The van der Waals surface area contributed by atoms with E-state index in [1.54, 1.807) is 18.2 Å². The summed E-state index contributed by atoms with van der Waals surface area (Å²) >= 11 is 6.41. The summed E-state index contributed by atoms with van der Waals surface area (Å²) in [6.45, 7) is 0. The number of rotatable bonds is 4. The van der Waals surface area contributed by atoms with Crippen LogP contribution in [0.25, 0.3) is 10.9 Å². The first kappa shape index (κ1) is 20.6. The van der Waals surface area contributed by atoms with Crippen LogP contribution in [0.1, 0.15) is 24.0 Å². The largest absolute Gasteiger partial charge is 0.402 e. The van der Waals surface area contributed by atoms with Crippen LogP contribution in [-0.4, -0.2) is 16.4 Å². The van der Waals surface area contributed by atoms with Crippen molar-refractivity contribution in [3.8, 4) is 6.07 Å². The summed E-state index contributed by atoms with van der Waals surface area (Å²) in [6, 6.07) is 8.05. The van der Waals surface area contributed by atoms with Crippen molar-refractivity contribution in [3.05, 3.63) is 70.4 Å². The zero-order valence-electron chi connectivity index (χ0n) is 16.6. The van der Waals surface area contributed by atoms with E-state index in [0.717, 1.165) is 6.20 Å². The van der Waals surface area contributed by atoms with Crippen LogP contribution in [0.5, 0.6) is 0 Å². The Morgan fingerprint density at radius 2 is 2.06 bits per heavy atom. The molecule has 5 nitrogen and oxygen atoms in total. The molecule has 0 spiro atoms. The predicted molar refractivity (Wildman–Crippen MR) is 115 cm³/mol. The molecule has 0 bridgehead atoms. The van der Waals surface area contributed by atoms with Gasteiger partial charge >= 0.3 is 0 Å². The molecule has 5 rings (SSSR count). The minimum atomic E-state index is -2.68. The lowest BCUT2D eigenvalue weighted by Crippen LogP contribution is -2.39. The van der Waals surface area contributed by atoms with Crippen molar-refractivity contribution >= 4 is 34.0 Å². The van der Waals surface area contributed by atoms with Crippen molar-refractivity contribution in [1.29, 1.82) is 5.26 Å². The minimum Gasteiger partial charge on any atom is -0.402 e. The van der Waals surface area contributed by atoms with E-state index in [1.807, 2.05) is 6.07 Å². The second kappa shape index (κ2) is 7.38. The fourth-order valence-corrected chi connectivity index (χ4v) is 5.05. The van der Waals surface area contributed by atoms with Crippen LogP contribution >= 0.6 is 11.6 Å². The molecular weight excluding hydrogens is 439 g/mol. The summed E-state index contributed by atoms with van der Waals surface area (Å²) in [6.07, 6.45) is 2.41. The average Bonchev–Trinajstić information content (AvgIpc) is 3.55. The number of pyridine rings is 2. The number of nitriles is 1. The average molecular weight is 456 g/mol. The predicted octanol–water partition coefficient (Wildman–Crippen LogP) is 5.42. The van der Waals surface area contributed by atoms with Crippen molar-refractivity contribution in [1.82, 2.24) is 9.97 Å². The number of anilines is 2. The number of hydrogen-bond donors (Lipinski definition) is 2. The van der Waals surface area contributed by atoms with Gasteiger partial charge in [-0.1, -0.05) is 11.6 Å². The van der Waals surface area contributed by atoms with E-state index < -0.39 is 17.7 Å². The number of fused-ring (bicyclic) bond motifs is 2. The highest BCUT2D eigenvalue weighted by atomic mass is 35.5. The van der Waals surface area contributed by atoms with Gasteiger partial charge in [-0.2, -0.15) is 5.26 Å². The van der Waals surface area contributed by atoms with Crippen molar-refractivity contribution in [3.63, 3.8) is 0 Å². The van der Waals surface area contributed by atoms with Gasteiger partial charge in [0.1, 0.15) is 11.6 Å². The maximum atomic E-state index is 14.5. The second-order valence-corrected chi connectivity index (χ2v) is 8.67. The number of halogens is 4. The summed E-state index contributed by atoms with van der Waals surface area (Å²) in [4.78, 5) is 8.21. The molecule has 1 fully saturated rings. The topological polar surface area (TPSA) is 87.6 Å². The number of allylic oxidation sites excluding steroid dienone is 2. The summed E-state index contributed by atoms with van der Waals surface area (Å²) in [5.41, 5.74) is 6.07. The van der Waals surface area contributed by atoms with Crippen LogP contribution < -0.4 is 11.1 Å². The Bertz CT molecular complexity index is 1320. The number of hydrogen-bond acceptors (Lipinski definition) is 5. The molecule has 0 unspecified atom stereocenters. The molecule has 0 aliphatic heterocycles. The standard InChI is InChI=1S/C23H17ClF3N5/c24-18-2-1-14(6-17(18)23(22(26)27)7-13(29)4-12-5-16(12)23)32-21-20-15(19(25)10-31-21)3-11(8-28)9-30-20/h1-3,6-7,9-10,12,16,22H,4-5,29H2,(H,31,32)/t12-,16+,23-/m0/s1. The summed E-state index contributed by atoms with van der Waals surface area (Å²) in [7, 11) is 0. The van der Waals surface area contributed by atoms with Gasteiger partial charge in [-0.15, -0.1) is 0 Å². The van der Waals surface area contributed by atoms with Gasteiger partial charge in [0.25, 0.3) is 6.43 Å². The van der Waals surface area contributed by atoms with Crippen molar-refractivity contribution in [2.75, 3.05) is 5.32 Å². The maximum Gasteiger partial charge on any atom is 0.251 e. The number of alkyl halides is 2. The van der Waals surface area contributed by atoms with Gasteiger partial charge in [0.2, 0.25) is 0 Å². The SMILES string of the molecule is N#Cc1cnc2c(Nc3ccc(Cl)c([C@]4(C(F)F)C=C(N)C[C@H]5C[C@H]54)c3)ncc(F)c2c1. The van der Waals surface area contributed by atoms with E-state index in [-0.39, 0.29) is 39.1 Å². The summed E-state index contributed by atoms with van der Waals surface area (Å²) in [5, 5.41) is 12.4. The van der Waals surface area contributed by atoms with Crippen LogP contribution in [0.2, 0.25) is 5.02 Å². The van der Waals surface area contributed by atoms with Gasteiger partial charge in [0.05, 0.1) is 17.2 Å². The third kappa shape index (κ3) is 3.16. The Kier molecular flexibility index (Phi) is 4.75. The quantitative estimate of drug-likeness (QED) is 0.548. The van der Waals surface area contributed by atoms with Crippen LogP contribution in [0.3, 0.4) is 0 Å². The van der Waals surface area contributed by atoms with Crippen LogP contribution in [-0.2, 0) is 5.41 Å². The van der Waals surface area contributed by atoms with E-state index in [0.29, 0.717) is 29.8 Å². The zero-order chi connectivity index (χ0) is 22.6. The summed E-state index contributed by atoms with van der Waals surface area (Å²) < 4.78 is 43.3. The highest BCUT2D eigenvalue weighted by Crippen LogP contribution is 2.61. The van der Waals surface area contributed by atoms with E-state index in [9.17, 15) is 13.2 Å². The first-order valence-electron chi connectivity index (χ1n) is 10.00. The van der Waals surface area contributed by atoms with E-state index >= 15 is 0 Å². The van der Waals surface area contributed by atoms with E-state index in [1.165, 1.54) is 18.3 Å². The Hall–Kier alpha value is -3.31. The van der Waals surface area contributed by atoms with E-state index in [4.69, 9.17) is 22.6 Å². The first-order valence-corrected chi connectivity index (χ1v) is 10.4. The molecule has 0 amide bonds. The molecule has 2 aliphatic carbocycles. The normalized spacial score (nSPS) is 24.1. The molecule has 2 heterocycles. The van der Waals surface area contributed by atoms with Gasteiger partial charge in [0.15, 0.2) is 11.6 Å². The molecule has 2 aliphatic rings. The Balaban J connectivity index is 1.60. The molecule has 1 saturated carbocycles. The van der Waals surface area contributed by atoms with Crippen LogP contribution in [0.4, 0.5) is 24.7 Å². The van der Waals surface area contributed by atoms with Crippen molar-refractivity contribution in [2.45, 2.75) is 24.7 Å². The number of nitrogens with one attached hydrogen (secondary N) is 1. The van der Waals surface area contributed by atoms with Gasteiger partial charge < -0.3 is 11.1 Å². The third-order valence-electron chi connectivity index (χ3n) is 6.32. The molecule has 9 heteroatoms. The molecule has 162 valence electrons. The number of nitrogens with two attached hydrogens (primary N) is 1. The van der Waals surface area contributed by atoms with Gasteiger partial charge in [-0.25, -0.2) is 18.2 Å². The monoisotopic (exact) mass is 455 g/mol. The molecule has 32 heavy (non-hydrogen) atoms. The minimum absolute atomic E-state index is 0.128. The molecule has 2 aromatic heterocycles. The Morgan fingerprint density at radius 1 is 1.25 bits per heavy atom. The van der Waals surface area contributed by atoms with Gasteiger partial charge in [-0.3, -0.25) is 4.98 Å². The lowest BCUT2D eigenvalue weighted by molar-refractivity contribution is 0.0568. The molecule has 0 saturated heterocycles. The maximum absolute atomic E-state index is 14.5. The molecule has 3 atom stereocenters. The number of nitrogens with zero attached hydrogens (tertiary/aromatic N) is 3. The Morgan fingerprint density at radius 3 is 2.81 bits per heavy atom. The van der Waals surface area contributed by atoms with E-state index in [2.05, 4.69) is 15.3 Å². The number of benzene rings is 1. The third-order valence-corrected chi connectivity index (χ3v) is 6.65. The highest BCUT2D eigenvalue weighted by Gasteiger charge is 2.60. The Labute approximate surface area is 186 Å². The highest BCUT2D eigenvalue weighted by molar-refractivity contribution is 6.31. The second-order valence-electron chi connectivity index (χ2n) is 8.27.